The van der Waals surface area contributed by atoms with Gasteiger partial charge in [0.05, 0.1) is 5.92 Å². The molecule has 5 nitrogen and oxygen atoms in total. The number of carboxylic acid groups (broad SMARTS) is 1. The standard InChI is InChI=1S/C14H19NO4/c1-14(2,3)19-13(18)15-8-7-9-5-4-6-10(11(9)15)12(16)17/h7-8,10H,4-6H2,1-3H3,(H,16,17)/t10-/m0/s1. The molecule has 0 fully saturated rings. The number of fused-ring (bicyclic) bond motifs is 1. The molecule has 0 aromatic carbocycles. The van der Waals surface area contributed by atoms with E-state index in [1.165, 1.54) is 4.57 Å². The van der Waals surface area contributed by atoms with E-state index in [1.807, 2.05) is 6.07 Å². The number of aliphatic carboxylic acids is 1. The Morgan fingerprint density at radius 2 is 2.11 bits per heavy atom. The lowest BCUT2D eigenvalue weighted by molar-refractivity contribution is -0.139. The highest BCUT2D eigenvalue weighted by Gasteiger charge is 2.32. The van der Waals surface area contributed by atoms with Gasteiger partial charge in [0.15, 0.2) is 0 Å². The van der Waals surface area contributed by atoms with E-state index in [1.54, 1.807) is 27.0 Å². The molecule has 0 spiro atoms. The second-order valence-electron chi connectivity index (χ2n) is 5.86. The Hall–Kier alpha value is -1.78. The van der Waals surface area contributed by atoms with E-state index in [0.717, 1.165) is 18.4 Å². The van der Waals surface area contributed by atoms with Gasteiger partial charge in [-0.2, -0.15) is 0 Å². The average molecular weight is 265 g/mol. The second kappa shape index (κ2) is 4.72. The van der Waals surface area contributed by atoms with Gasteiger partial charge in [-0.15, -0.1) is 0 Å². The van der Waals surface area contributed by atoms with Crippen LogP contribution in [0.5, 0.6) is 0 Å². The highest BCUT2D eigenvalue weighted by atomic mass is 16.6. The van der Waals surface area contributed by atoms with Crippen molar-refractivity contribution in [3.05, 3.63) is 23.5 Å². The minimum Gasteiger partial charge on any atom is -0.481 e. The van der Waals surface area contributed by atoms with Gasteiger partial charge in [0.2, 0.25) is 0 Å². The van der Waals surface area contributed by atoms with Crippen molar-refractivity contribution >= 4 is 12.1 Å². The monoisotopic (exact) mass is 265 g/mol. The molecule has 1 aromatic heterocycles. The van der Waals surface area contributed by atoms with Gasteiger partial charge in [-0.25, -0.2) is 4.79 Å². The molecule has 0 saturated carbocycles. The van der Waals surface area contributed by atoms with E-state index in [-0.39, 0.29) is 0 Å². The van der Waals surface area contributed by atoms with E-state index in [2.05, 4.69) is 0 Å². The Morgan fingerprint density at radius 1 is 1.42 bits per heavy atom. The summed E-state index contributed by atoms with van der Waals surface area (Å²) < 4.78 is 6.65. The van der Waals surface area contributed by atoms with E-state index in [9.17, 15) is 14.7 Å². The van der Waals surface area contributed by atoms with Crippen molar-refractivity contribution in [2.24, 2.45) is 0 Å². The quantitative estimate of drug-likeness (QED) is 0.847. The third kappa shape index (κ3) is 2.80. The van der Waals surface area contributed by atoms with Gasteiger partial charge in [-0.1, -0.05) is 0 Å². The van der Waals surface area contributed by atoms with Gasteiger partial charge in [-0.05, 0) is 51.7 Å². The fourth-order valence-corrected chi connectivity index (χ4v) is 2.43. The van der Waals surface area contributed by atoms with Crippen molar-refractivity contribution in [2.75, 3.05) is 0 Å². The fraction of sp³-hybridized carbons (Fsp3) is 0.571. The van der Waals surface area contributed by atoms with Crippen LogP contribution in [0.4, 0.5) is 4.79 Å². The number of hydrogen-bond acceptors (Lipinski definition) is 3. The molecule has 1 aromatic rings. The molecule has 1 aliphatic rings. The summed E-state index contributed by atoms with van der Waals surface area (Å²) in [6.07, 6.45) is 3.31. The van der Waals surface area contributed by atoms with Crippen LogP contribution in [-0.2, 0) is 16.0 Å². The van der Waals surface area contributed by atoms with Crippen LogP contribution in [0.1, 0.15) is 50.8 Å². The predicted molar refractivity (Wildman–Crippen MR) is 69.4 cm³/mol. The maximum Gasteiger partial charge on any atom is 0.418 e. The Labute approximate surface area is 112 Å². The smallest absolute Gasteiger partial charge is 0.418 e. The molecule has 0 bridgehead atoms. The molecular weight excluding hydrogens is 246 g/mol. The van der Waals surface area contributed by atoms with Crippen molar-refractivity contribution in [3.8, 4) is 0 Å². The number of carbonyl (C=O) groups excluding carboxylic acids is 1. The maximum absolute atomic E-state index is 12.1. The van der Waals surface area contributed by atoms with Crippen LogP contribution < -0.4 is 0 Å². The van der Waals surface area contributed by atoms with Crippen molar-refractivity contribution in [1.82, 2.24) is 4.57 Å². The van der Waals surface area contributed by atoms with Crippen molar-refractivity contribution in [1.29, 1.82) is 0 Å². The molecule has 0 aliphatic heterocycles. The lowest BCUT2D eigenvalue weighted by Crippen LogP contribution is -2.30. The SMILES string of the molecule is CC(C)(C)OC(=O)n1ccc2c1[C@@H](C(=O)O)CCC2. The van der Waals surface area contributed by atoms with Crippen molar-refractivity contribution < 1.29 is 19.4 Å². The number of carboxylic acids is 1. The van der Waals surface area contributed by atoms with Crippen LogP contribution in [-0.4, -0.2) is 27.3 Å². The Morgan fingerprint density at radius 3 is 2.68 bits per heavy atom. The van der Waals surface area contributed by atoms with E-state index < -0.39 is 23.6 Å². The first-order valence-electron chi connectivity index (χ1n) is 6.46. The summed E-state index contributed by atoms with van der Waals surface area (Å²) in [6, 6.07) is 1.81. The Bertz CT molecular complexity index is 510. The van der Waals surface area contributed by atoms with Crippen molar-refractivity contribution in [3.63, 3.8) is 0 Å². The minimum atomic E-state index is -0.885. The van der Waals surface area contributed by atoms with Gasteiger partial charge in [0, 0.05) is 11.9 Å². The Kier molecular flexibility index (Phi) is 3.39. The number of aryl methyl sites for hydroxylation is 1. The molecule has 1 heterocycles. The first kappa shape index (κ1) is 13.6. The third-order valence-corrected chi connectivity index (χ3v) is 3.17. The summed E-state index contributed by atoms with van der Waals surface area (Å²) in [5.41, 5.74) is 0.916. The molecule has 0 unspecified atom stereocenters. The van der Waals surface area contributed by atoms with Crippen LogP contribution in [0.3, 0.4) is 0 Å². The number of ether oxygens (including phenoxy) is 1. The van der Waals surface area contributed by atoms with Gasteiger partial charge in [0.1, 0.15) is 5.60 Å². The second-order valence-corrected chi connectivity index (χ2v) is 5.86. The summed E-state index contributed by atoms with van der Waals surface area (Å²) in [4.78, 5) is 23.4. The maximum atomic E-state index is 12.1. The fourth-order valence-electron chi connectivity index (χ4n) is 2.43. The molecule has 19 heavy (non-hydrogen) atoms. The summed E-state index contributed by atoms with van der Waals surface area (Å²) in [5.74, 6) is -1.50. The lowest BCUT2D eigenvalue weighted by atomic mass is 9.88. The molecule has 104 valence electrons. The van der Waals surface area contributed by atoms with Gasteiger partial charge >= 0.3 is 12.1 Å². The van der Waals surface area contributed by atoms with Gasteiger partial charge in [0.25, 0.3) is 0 Å². The van der Waals surface area contributed by atoms with E-state index in [0.29, 0.717) is 12.1 Å². The molecule has 2 rings (SSSR count). The lowest BCUT2D eigenvalue weighted by Gasteiger charge is -2.24. The zero-order valence-electron chi connectivity index (χ0n) is 11.5. The third-order valence-electron chi connectivity index (χ3n) is 3.17. The van der Waals surface area contributed by atoms with Crippen LogP contribution in [0.15, 0.2) is 12.3 Å². The summed E-state index contributed by atoms with van der Waals surface area (Å²) in [6.45, 7) is 5.36. The highest BCUT2D eigenvalue weighted by molar-refractivity contribution is 5.80. The largest absolute Gasteiger partial charge is 0.481 e. The van der Waals surface area contributed by atoms with Crippen LogP contribution in [0.2, 0.25) is 0 Å². The van der Waals surface area contributed by atoms with Crippen LogP contribution >= 0.6 is 0 Å². The van der Waals surface area contributed by atoms with E-state index in [4.69, 9.17) is 4.74 Å². The normalized spacial score (nSPS) is 18.8. The summed E-state index contributed by atoms with van der Waals surface area (Å²) in [5, 5.41) is 9.28. The molecule has 0 saturated heterocycles. The topological polar surface area (TPSA) is 68.5 Å². The first-order valence-corrected chi connectivity index (χ1v) is 6.46. The van der Waals surface area contributed by atoms with Crippen molar-refractivity contribution in [2.45, 2.75) is 51.6 Å². The molecule has 5 heteroatoms. The molecule has 1 aliphatic carbocycles. The summed E-state index contributed by atoms with van der Waals surface area (Å²) >= 11 is 0. The first-order chi connectivity index (χ1) is 8.79. The molecule has 1 N–H and O–H groups in total. The minimum absolute atomic E-state index is 0.512. The molecule has 1 atom stereocenters. The van der Waals surface area contributed by atoms with Crippen LogP contribution in [0.25, 0.3) is 0 Å². The Balaban J connectivity index is 2.36. The number of rotatable bonds is 1. The number of aromatic nitrogens is 1. The number of hydrogen-bond donors (Lipinski definition) is 1. The zero-order chi connectivity index (χ0) is 14.2. The zero-order valence-corrected chi connectivity index (χ0v) is 11.5. The summed E-state index contributed by atoms with van der Waals surface area (Å²) in [7, 11) is 0. The van der Waals surface area contributed by atoms with Gasteiger partial charge in [-0.3, -0.25) is 9.36 Å². The number of carbonyl (C=O) groups is 2. The van der Waals surface area contributed by atoms with Crippen LogP contribution in [0, 0.1) is 0 Å². The van der Waals surface area contributed by atoms with Gasteiger partial charge < -0.3 is 9.84 Å². The molecule has 0 radical (unpaired) electrons. The predicted octanol–water partition coefficient (Wildman–Crippen LogP) is 2.78. The molecular formula is C14H19NO4. The number of nitrogens with zero attached hydrogens (tertiary/aromatic N) is 1. The average Bonchev–Trinajstić information content (AvgIpc) is 2.69. The molecule has 0 amide bonds. The van der Waals surface area contributed by atoms with E-state index >= 15 is 0 Å². The highest BCUT2D eigenvalue weighted by Crippen LogP contribution is 2.33.